The second-order valence-corrected chi connectivity index (χ2v) is 7.39. The molecular formula is C22H24N4O3. The third-order valence-electron chi connectivity index (χ3n) is 4.63. The van der Waals surface area contributed by atoms with E-state index in [1.54, 1.807) is 25.3 Å². The van der Waals surface area contributed by atoms with Crippen molar-refractivity contribution < 1.29 is 14.3 Å². The molecule has 1 heterocycles. The van der Waals surface area contributed by atoms with Gasteiger partial charge in [0.25, 0.3) is 5.91 Å². The second kappa shape index (κ2) is 7.95. The zero-order valence-electron chi connectivity index (χ0n) is 16.7. The third-order valence-corrected chi connectivity index (χ3v) is 4.63. The maximum absolute atomic E-state index is 12.7. The number of hydrogen-bond donors (Lipinski definition) is 2. The molecule has 0 bridgehead atoms. The van der Waals surface area contributed by atoms with Crippen LogP contribution >= 0.6 is 0 Å². The molecule has 1 aliphatic rings. The Morgan fingerprint density at radius 2 is 2.00 bits per heavy atom. The molecule has 150 valence electrons. The Bertz CT molecular complexity index is 1020. The first-order valence-corrected chi connectivity index (χ1v) is 9.72. The third kappa shape index (κ3) is 4.39. The lowest BCUT2D eigenvalue weighted by molar-refractivity contribution is 0.102. The van der Waals surface area contributed by atoms with Crippen molar-refractivity contribution in [2.75, 3.05) is 12.4 Å². The fourth-order valence-corrected chi connectivity index (χ4v) is 3.04. The van der Waals surface area contributed by atoms with E-state index in [2.05, 4.69) is 20.5 Å². The molecule has 4 rings (SSSR count). The van der Waals surface area contributed by atoms with Gasteiger partial charge in [-0.25, -0.2) is 4.98 Å². The van der Waals surface area contributed by atoms with E-state index in [0.29, 0.717) is 34.5 Å². The molecule has 0 spiro atoms. The topological polar surface area (TPSA) is 89.1 Å². The van der Waals surface area contributed by atoms with E-state index in [-0.39, 0.29) is 12.0 Å². The number of benzene rings is 2. The number of nitrogens with zero attached hydrogens (tertiary/aromatic N) is 2. The molecule has 0 radical (unpaired) electrons. The minimum atomic E-state index is -0.231. The van der Waals surface area contributed by atoms with Crippen LogP contribution in [0.5, 0.6) is 11.5 Å². The van der Waals surface area contributed by atoms with E-state index in [4.69, 9.17) is 9.47 Å². The number of anilines is 1. The number of ether oxygens (including phenoxy) is 2. The molecule has 1 aromatic heterocycles. The van der Waals surface area contributed by atoms with E-state index in [0.717, 1.165) is 24.2 Å². The van der Waals surface area contributed by atoms with Crippen molar-refractivity contribution in [2.24, 2.45) is 0 Å². The van der Waals surface area contributed by atoms with Crippen LogP contribution in [0.25, 0.3) is 11.4 Å². The Labute approximate surface area is 169 Å². The molecule has 1 amide bonds. The molecule has 2 N–H and O–H groups in total. The van der Waals surface area contributed by atoms with Crippen molar-refractivity contribution in [3.05, 3.63) is 53.9 Å². The number of aromatic nitrogens is 3. The summed E-state index contributed by atoms with van der Waals surface area (Å²) in [7, 11) is 1.56. The van der Waals surface area contributed by atoms with Gasteiger partial charge in [-0.05, 0) is 57.0 Å². The van der Waals surface area contributed by atoms with Crippen LogP contribution in [0.2, 0.25) is 0 Å². The predicted molar refractivity (Wildman–Crippen MR) is 111 cm³/mol. The minimum Gasteiger partial charge on any atom is -0.493 e. The van der Waals surface area contributed by atoms with Gasteiger partial charge in [-0.1, -0.05) is 12.1 Å². The summed E-state index contributed by atoms with van der Waals surface area (Å²) in [6.07, 6.45) is 2.34. The number of carbonyl (C=O) groups is 1. The summed E-state index contributed by atoms with van der Waals surface area (Å²) < 4.78 is 11.1. The van der Waals surface area contributed by atoms with E-state index in [1.165, 1.54) is 0 Å². The Morgan fingerprint density at radius 1 is 1.17 bits per heavy atom. The Hall–Kier alpha value is -3.35. The van der Waals surface area contributed by atoms with Crippen molar-refractivity contribution in [3.8, 4) is 22.9 Å². The predicted octanol–water partition coefficient (Wildman–Crippen LogP) is 4.40. The fraction of sp³-hybridized carbons (Fsp3) is 0.318. The fourth-order valence-electron chi connectivity index (χ4n) is 3.04. The molecule has 0 saturated heterocycles. The highest BCUT2D eigenvalue weighted by Gasteiger charge is 2.27. The minimum absolute atomic E-state index is 0.0161. The maximum atomic E-state index is 12.7. The van der Waals surface area contributed by atoms with Gasteiger partial charge >= 0.3 is 0 Å². The standard InChI is InChI=1S/C22H24N4O3/c1-13(2)29-18-10-9-16(12-19(18)28-3)22(27)23-17-6-4-5-15(11-17)21-24-20(25-26-21)14-7-8-14/h4-6,9-14H,7-8H2,1-3H3,(H,23,27)(H,24,25,26). The first-order valence-electron chi connectivity index (χ1n) is 9.72. The molecule has 1 saturated carbocycles. The number of rotatable bonds is 7. The Balaban J connectivity index is 1.50. The normalized spacial score (nSPS) is 13.4. The van der Waals surface area contributed by atoms with Gasteiger partial charge in [0.15, 0.2) is 17.3 Å². The van der Waals surface area contributed by atoms with E-state index in [9.17, 15) is 4.79 Å². The van der Waals surface area contributed by atoms with Crippen molar-refractivity contribution in [1.29, 1.82) is 0 Å². The van der Waals surface area contributed by atoms with Crippen molar-refractivity contribution >= 4 is 11.6 Å². The summed E-state index contributed by atoms with van der Waals surface area (Å²) in [5.41, 5.74) is 2.01. The molecule has 7 heteroatoms. The smallest absolute Gasteiger partial charge is 0.255 e. The quantitative estimate of drug-likeness (QED) is 0.622. The largest absolute Gasteiger partial charge is 0.493 e. The molecule has 1 aliphatic carbocycles. The first kappa shape index (κ1) is 19.0. The lowest BCUT2D eigenvalue weighted by Gasteiger charge is -2.14. The van der Waals surface area contributed by atoms with Crippen LogP contribution in [0.1, 0.15) is 48.8 Å². The van der Waals surface area contributed by atoms with Gasteiger partial charge in [0.1, 0.15) is 5.82 Å². The van der Waals surface area contributed by atoms with Crippen LogP contribution in [0.3, 0.4) is 0 Å². The van der Waals surface area contributed by atoms with Gasteiger partial charge in [-0.15, -0.1) is 0 Å². The number of H-pyrrole nitrogens is 1. The van der Waals surface area contributed by atoms with E-state index >= 15 is 0 Å². The van der Waals surface area contributed by atoms with E-state index in [1.807, 2.05) is 38.1 Å². The van der Waals surface area contributed by atoms with Gasteiger partial charge in [0.05, 0.1) is 13.2 Å². The van der Waals surface area contributed by atoms with Crippen LogP contribution in [0.15, 0.2) is 42.5 Å². The number of amides is 1. The van der Waals surface area contributed by atoms with Gasteiger partial charge in [-0.2, -0.15) is 5.10 Å². The first-order chi connectivity index (χ1) is 14.0. The maximum Gasteiger partial charge on any atom is 0.255 e. The van der Waals surface area contributed by atoms with Crippen molar-refractivity contribution in [2.45, 2.75) is 38.7 Å². The highest BCUT2D eigenvalue weighted by Crippen LogP contribution is 2.38. The molecule has 0 unspecified atom stereocenters. The van der Waals surface area contributed by atoms with E-state index < -0.39 is 0 Å². The van der Waals surface area contributed by atoms with Gasteiger partial charge in [0.2, 0.25) is 0 Å². The Kier molecular flexibility index (Phi) is 5.20. The number of nitrogens with one attached hydrogen (secondary N) is 2. The van der Waals surface area contributed by atoms with Gasteiger partial charge in [-0.3, -0.25) is 9.89 Å². The summed E-state index contributed by atoms with van der Waals surface area (Å²) in [4.78, 5) is 17.3. The number of hydrogen-bond acceptors (Lipinski definition) is 5. The SMILES string of the molecule is COc1cc(C(=O)Nc2cccc(-c3n[nH]c(C4CC4)n3)c2)ccc1OC(C)C. The van der Waals surface area contributed by atoms with Crippen molar-refractivity contribution in [3.63, 3.8) is 0 Å². The summed E-state index contributed by atoms with van der Waals surface area (Å²) >= 11 is 0. The lowest BCUT2D eigenvalue weighted by atomic mass is 10.1. The summed E-state index contributed by atoms with van der Waals surface area (Å²) in [5.74, 6) is 2.98. The molecule has 29 heavy (non-hydrogen) atoms. The molecule has 7 nitrogen and oxygen atoms in total. The second-order valence-electron chi connectivity index (χ2n) is 7.39. The molecule has 3 aromatic rings. The summed E-state index contributed by atoms with van der Waals surface area (Å²) in [6.45, 7) is 3.88. The molecule has 2 aromatic carbocycles. The van der Waals surface area contributed by atoms with Crippen LogP contribution in [-0.4, -0.2) is 34.3 Å². The van der Waals surface area contributed by atoms with Crippen LogP contribution in [-0.2, 0) is 0 Å². The van der Waals surface area contributed by atoms with Crippen LogP contribution in [0, 0.1) is 0 Å². The Morgan fingerprint density at radius 3 is 2.72 bits per heavy atom. The molecular weight excluding hydrogens is 368 g/mol. The monoisotopic (exact) mass is 392 g/mol. The highest BCUT2D eigenvalue weighted by molar-refractivity contribution is 6.04. The zero-order chi connectivity index (χ0) is 20.4. The van der Waals surface area contributed by atoms with Gasteiger partial charge < -0.3 is 14.8 Å². The highest BCUT2D eigenvalue weighted by atomic mass is 16.5. The molecule has 0 aliphatic heterocycles. The van der Waals surface area contributed by atoms with Crippen LogP contribution < -0.4 is 14.8 Å². The van der Waals surface area contributed by atoms with Crippen LogP contribution in [0.4, 0.5) is 5.69 Å². The molecule has 1 fully saturated rings. The lowest BCUT2D eigenvalue weighted by Crippen LogP contribution is -2.13. The van der Waals surface area contributed by atoms with Gasteiger partial charge in [0, 0.05) is 22.7 Å². The number of methoxy groups -OCH3 is 1. The van der Waals surface area contributed by atoms with Crippen molar-refractivity contribution in [1.82, 2.24) is 15.2 Å². The average Bonchev–Trinajstić information content (AvgIpc) is 3.44. The number of carbonyl (C=O) groups excluding carboxylic acids is 1. The number of aromatic amines is 1. The summed E-state index contributed by atoms with van der Waals surface area (Å²) in [5, 5.41) is 10.2. The zero-order valence-corrected chi connectivity index (χ0v) is 16.7. The summed E-state index contributed by atoms with van der Waals surface area (Å²) in [6, 6.07) is 12.6. The average molecular weight is 392 g/mol. The molecule has 0 atom stereocenters.